The van der Waals surface area contributed by atoms with Crippen LogP contribution in [0.3, 0.4) is 0 Å². The second kappa shape index (κ2) is 11.1. The molecule has 0 aliphatic heterocycles. The highest BCUT2D eigenvalue weighted by molar-refractivity contribution is 6.32. The molecule has 2 aromatic rings. The molecule has 0 spiro atoms. The first-order valence-corrected chi connectivity index (χ1v) is 9.59. The van der Waals surface area contributed by atoms with E-state index in [-0.39, 0.29) is 6.61 Å². The molecule has 0 bridgehead atoms. The Kier molecular flexibility index (Phi) is 8.55. The maximum absolute atomic E-state index is 12.0. The molecular weight excluding hydrogens is 394 g/mol. The highest BCUT2D eigenvalue weighted by Gasteiger charge is 2.11. The van der Waals surface area contributed by atoms with Crippen molar-refractivity contribution in [3.8, 4) is 11.5 Å². The van der Waals surface area contributed by atoms with E-state index in [1.54, 1.807) is 12.1 Å². The Balaban J connectivity index is 1.95. The Morgan fingerprint density at radius 3 is 2.62 bits per heavy atom. The average Bonchev–Trinajstić information content (AvgIpc) is 2.71. The van der Waals surface area contributed by atoms with Crippen molar-refractivity contribution in [2.45, 2.75) is 20.3 Å². The number of esters is 1. The van der Waals surface area contributed by atoms with Crippen LogP contribution in [0.4, 0.5) is 5.69 Å². The third kappa shape index (κ3) is 6.54. The Hall–Kier alpha value is -2.99. The lowest BCUT2D eigenvalue weighted by atomic mass is 10.1. The molecule has 2 rings (SSSR count). The van der Waals surface area contributed by atoms with Gasteiger partial charge in [-0.1, -0.05) is 36.7 Å². The van der Waals surface area contributed by atoms with Crippen molar-refractivity contribution >= 4 is 35.2 Å². The third-order valence-corrected chi connectivity index (χ3v) is 4.25. The number of hydrogen-bond donors (Lipinski definition) is 1. The number of carbonyl (C=O) groups excluding carboxylic acids is 2. The van der Waals surface area contributed by atoms with Gasteiger partial charge < -0.3 is 19.5 Å². The zero-order valence-electron chi connectivity index (χ0n) is 16.7. The number of hydrogen-bond acceptors (Lipinski definition) is 5. The smallest absolute Gasteiger partial charge is 0.331 e. The summed E-state index contributed by atoms with van der Waals surface area (Å²) < 4.78 is 15.7. The molecule has 154 valence electrons. The minimum absolute atomic E-state index is 0.362. The molecule has 0 radical (unpaired) electrons. The lowest BCUT2D eigenvalue weighted by Crippen LogP contribution is -2.20. The molecule has 1 amide bonds. The van der Waals surface area contributed by atoms with Crippen LogP contribution in [-0.4, -0.2) is 32.2 Å². The Bertz CT molecular complexity index is 895. The topological polar surface area (TPSA) is 73.9 Å². The number of nitrogens with one attached hydrogen (secondary N) is 1. The number of benzene rings is 2. The minimum atomic E-state index is -0.645. The van der Waals surface area contributed by atoms with Crippen LogP contribution in [0.15, 0.2) is 42.5 Å². The summed E-state index contributed by atoms with van der Waals surface area (Å²) in [4.78, 5) is 24.0. The van der Waals surface area contributed by atoms with Gasteiger partial charge in [0, 0.05) is 11.8 Å². The van der Waals surface area contributed by atoms with Crippen LogP contribution >= 0.6 is 11.6 Å². The lowest BCUT2D eigenvalue weighted by molar-refractivity contribution is -0.142. The number of rotatable bonds is 9. The summed E-state index contributed by atoms with van der Waals surface area (Å²) in [5.74, 6) is -0.144. The van der Waals surface area contributed by atoms with Gasteiger partial charge in [0.05, 0.1) is 18.7 Å². The van der Waals surface area contributed by atoms with E-state index in [0.717, 1.165) is 12.0 Å². The number of anilines is 1. The Labute approximate surface area is 175 Å². The summed E-state index contributed by atoms with van der Waals surface area (Å²) >= 11 is 6.18. The molecule has 0 saturated carbocycles. The summed E-state index contributed by atoms with van der Waals surface area (Å²) in [6, 6.07) is 10.8. The van der Waals surface area contributed by atoms with Crippen molar-refractivity contribution in [3.05, 3.63) is 58.6 Å². The monoisotopic (exact) mass is 417 g/mol. The summed E-state index contributed by atoms with van der Waals surface area (Å²) in [7, 11) is 1.50. The zero-order valence-corrected chi connectivity index (χ0v) is 17.4. The highest BCUT2D eigenvalue weighted by atomic mass is 35.5. The molecule has 0 aromatic heterocycles. The quantitative estimate of drug-likeness (QED) is 0.480. The second-order valence-corrected chi connectivity index (χ2v) is 6.37. The van der Waals surface area contributed by atoms with E-state index in [2.05, 4.69) is 5.32 Å². The van der Waals surface area contributed by atoms with Gasteiger partial charge in [0.25, 0.3) is 5.91 Å². The van der Waals surface area contributed by atoms with Gasteiger partial charge in [0.15, 0.2) is 18.1 Å². The summed E-state index contributed by atoms with van der Waals surface area (Å²) in [6.07, 6.45) is 3.54. The third-order valence-electron chi connectivity index (χ3n) is 3.97. The molecule has 0 aliphatic rings. The van der Waals surface area contributed by atoms with Crippen LogP contribution in [0, 0.1) is 0 Å². The average molecular weight is 418 g/mol. The molecule has 2 aromatic carbocycles. The SMILES string of the molecule is CCOc1cc(/C=C/C(=O)OCC(=O)Nc2ccccc2CC)cc(Cl)c1OC. The van der Waals surface area contributed by atoms with Gasteiger partial charge in [0.1, 0.15) is 0 Å². The van der Waals surface area contributed by atoms with Crippen molar-refractivity contribution in [1.82, 2.24) is 0 Å². The van der Waals surface area contributed by atoms with Gasteiger partial charge in [-0.05, 0) is 48.7 Å². The van der Waals surface area contributed by atoms with E-state index in [1.165, 1.54) is 19.3 Å². The van der Waals surface area contributed by atoms with Crippen LogP contribution in [0.1, 0.15) is 25.0 Å². The van der Waals surface area contributed by atoms with Crippen molar-refractivity contribution < 1.29 is 23.8 Å². The molecule has 0 heterocycles. The molecule has 0 aliphatic carbocycles. The van der Waals surface area contributed by atoms with Gasteiger partial charge in [-0.25, -0.2) is 4.79 Å². The fourth-order valence-electron chi connectivity index (χ4n) is 2.63. The summed E-state index contributed by atoms with van der Waals surface area (Å²) in [6.45, 7) is 3.91. The minimum Gasteiger partial charge on any atom is -0.491 e. The number of amides is 1. The maximum Gasteiger partial charge on any atom is 0.331 e. The van der Waals surface area contributed by atoms with Crippen LogP contribution in [0.25, 0.3) is 6.08 Å². The molecule has 0 saturated heterocycles. The van der Waals surface area contributed by atoms with E-state index in [0.29, 0.717) is 34.4 Å². The fourth-order valence-corrected chi connectivity index (χ4v) is 2.93. The van der Waals surface area contributed by atoms with E-state index >= 15 is 0 Å². The van der Waals surface area contributed by atoms with E-state index < -0.39 is 11.9 Å². The van der Waals surface area contributed by atoms with E-state index in [4.69, 9.17) is 25.8 Å². The number of halogens is 1. The van der Waals surface area contributed by atoms with Crippen LogP contribution in [0.2, 0.25) is 5.02 Å². The van der Waals surface area contributed by atoms with Crippen molar-refractivity contribution in [1.29, 1.82) is 0 Å². The molecule has 6 nitrogen and oxygen atoms in total. The van der Waals surface area contributed by atoms with E-state index in [9.17, 15) is 9.59 Å². The van der Waals surface area contributed by atoms with Crippen molar-refractivity contribution in [2.24, 2.45) is 0 Å². The van der Waals surface area contributed by atoms with Crippen LogP contribution < -0.4 is 14.8 Å². The molecule has 0 atom stereocenters. The summed E-state index contributed by atoms with van der Waals surface area (Å²) in [5.41, 5.74) is 2.36. The largest absolute Gasteiger partial charge is 0.491 e. The lowest BCUT2D eigenvalue weighted by Gasteiger charge is -2.11. The number of methoxy groups -OCH3 is 1. The van der Waals surface area contributed by atoms with Crippen molar-refractivity contribution in [2.75, 3.05) is 25.6 Å². The number of para-hydroxylation sites is 1. The van der Waals surface area contributed by atoms with Crippen molar-refractivity contribution in [3.63, 3.8) is 0 Å². The normalized spacial score (nSPS) is 10.6. The number of ether oxygens (including phenoxy) is 3. The molecule has 1 N–H and O–H groups in total. The first-order valence-electron chi connectivity index (χ1n) is 9.21. The predicted molar refractivity (Wildman–Crippen MR) is 114 cm³/mol. The fraction of sp³-hybridized carbons (Fsp3) is 0.273. The van der Waals surface area contributed by atoms with Gasteiger partial charge >= 0.3 is 5.97 Å². The zero-order chi connectivity index (χ0) is 21.2. The highest BCUT2D eigenvalue weighted by Crippen LogP contribution is 2.36. The Morgan fingerprint density at radius 2 is 1.93 bits per heavy atom. The van der Waals surface area contributed by atoms with Crippen LogP contribution in [-0.2, 0) is 20.7 Å². The molecule has 7 heteroatoms. The molecule has 0 unspecified atom stereocenters. The second-order valence-electron chi connectivity index (χ2n) is 5.97. The number of carbonyl (C=O) groups is 2. The Morgan fingerprint density at radius 1 is 1.17 bits per heavy atom. The molecule has 0 fully saturated rings. The van der Waals surface area contributed by atoms with Gasteiger partial charge in [-0.3, -0.25) is 4.79 Å². The first-order chi connectivity index (χ1) is 14.0. The van der Waals surface area contributed by atoms with Gasteiger partial charge in [0.2, 0.25) is 0 Å². The van der Waals surface area contributed by atoms with Gasteiger partial charge in [-0.2, -0.15) is 0 Å². The summed E-state index contributed by atoms with van der Waals surface area (Å²) in [5, 5.41) is 3.11. The standard InChI is InChI=1S/C22H24ClNO5/c1-4-16-8-6-7-9-18(16)24-20(25)14-29-21(26)11-10-15-12-17(23)22(27-3)19(13-15)28-5-2/h6-13H,4-5,14H2,1-3H3,(H,24,25)/b11-10+. The van der Waals surface area contributed by atoms with Crippen LogP contribution in [0.5, 0.6) is 11.5 Å². The molecular formula is C22H24ClNO5. The number of aryl methyl sites for hydroxylation is 1. The van der Waals surface area contributed by atoms with Gasteiger partial charge in [-0.15, -0.1) is 0 Å². The predicted octanol–water partition coefficient (Wildman–Crippen LogP) is 4.50. The molecule has 29 heavy (non-hydrogen) atoms. The first kappa shape index (κ1) is 22.3. The maximum atomic E-state index is 12.0. The van der Waals surface area contributed by atoms with E-state index in [1.807, 2.05) is 38.1 Å².